The minimum absolute atomic E-state index is 0.183. The lowest BCUT2D eigenvalue weighted by atomic mass is 9.83. The van der Waals surface area contributed by atoms with Crippen molar-refractivity contribution in [1.82, 2.24) is 0 Å². The maximum Gasteiger partial charge on any atom is 0.271 e. The number of hydrogen-bond donors (Lipinski definition) is 2. The standard InChI is InChI=1S/C34H47N3O6S2/c1-8-35(9-2)29-14-12-28(13-15-29)34(31-17-16-30(22-25(31)5)36(10-3)18-20-44(38,39)40)32-23-27(7)33(24-26(32)6)37(11-4)19-21-45(41,42)43/h12-17,22-24H,8-11,18-21H2,1-7H3,(H-,38,39,40,41,42,43)/p+1. The van der Waals surface area contributed by atoms with Crippen molar-refractivity contribution < 1.29 is 30.5 Å². The van der Waals surface area contributed by atoms with E-state index in [1.807, 2.05) is 43.2 Å². The van der Waals surface area contributed by atoms with Crippen LogP contribution in [0.4, 0.5) is 11.4 Å². The van der Waals surface area contributed by atoms with Crippen molar-refractivity contribution in [1.29, 1.82) is 0 Å². The van der Waals surface area contributed by atoms with Gasteiger partial charge in [-0.1, -0.05) is 18.2 Å². The number of benzene rings is 2. The lowest BCUT2D eigenvalue weighted by molar-refractivity contribution is -0.518. The van der Waals surface area contributed by atoms with E-state index in [1.54, 1.807) is 0 Å². The van der Waals surface area contributed by atoms with Gasteiger partial charge in [0.05, 0.1) is 5.75 Å². The first-order valence-electron chi connectivity index (χ1n) is 15.5. The van der Waals surface area contributed by atoms with Crippen LogP contribution in [0.1, 0.15) is 58.2 Å². The van der Waals surface area contributed by atoms with Gasteiger partial charge in [0.15, 0.2) is 6.54 Å². The summed E-state index contributed by atoms with van der Waals surface area (Å²) in [6.07, 6.45) is 4.23. The molecule has 1 aliphatic carbocycles. The Balaban J connectivity index is 2.22. The second-order valence-electron chi connectivity index (χ2n) is 11.3. The van der Waals surface area contributed by atoms with E-state index in [4.69, 9.17) is 0 Å². The highest BCUT2D eigenvalue weighted by molar-refractivity contribution is 7.86. The third-order valence-electron chi connectivity index (χ3n) is 8.28. The van der Waals surface area contributed by atoms with Crippen LogP contribution in [0.15, 0.2) is 71.3 Å². The van der Waals surface area contributed by atoms with E-state index in [1.165, 1.54) is 0 Å². The highest BCUT2D eigenvalue weighted by Gasteiger charge is 2.24. The second kappa shape index (κ2) is 15.4. The molecule has 0 radical (unpaired) electrons. The van der Waals surface area contributed by atoms with Crippen molar-refractivity contribution in [3.8, 4) is 0 Å². The molecular weight excluding hydrogens is 611 g/mol. The number of anilines is 2. The van der Waals surface area contributed by atoms with E-state index in [9.17, 15) is 25.9 Å². The first-order chi connectivity index (χ1) is 21.1. The molecule has 11 heteroatoms. The zero-order valence-electron chi connectivity index (χ0n) is 27.5. The third-order valence-corrected chi connectivity index (χ3v) is 9.68. The van der Waals surface area contributed by atoms with E-state index < -0.39 is 20.2 Å². The molecule has 0 saturated heterocycles. The van der Waals surface area contributed by atoms with E-state index in [2.05, 4.69) is 74.2 Å². The van der Waals surface area contributed by atoms with Crippen molar-refractivity contribution >= 4 is 42.9 Å². The van der Waals surface area contributed by atoms with Crippen molar-refractivity contribution in [2.45, 2.75) is 48.5 Å². The third kappa shape index (κ3) is 9.62. The van der Waals surface area contributed by atoms with E-state index in [0.717, 1.165) is 69.2 Å². The molecule has 2 aromatic carbocycles. The fourth-order valence-corrected chi connectivity index (χ4v) is 6.69. The molecule has 0 atom stereocenters. The summed E-state index contributed by atoms with van der Waals surface area (Å²) >= 11 is 0. The average Bonchev–Trinajstić information content (AvgIpc) is 2.97. The van der Waals surface area contributed by atoms with Crippen LogP contribution in [0.3, 0.4) is 0 Å². The predicted molar refractivity (Wildman–Crippen MR) is 186 cm³/mol. The molecular formula is C34H48N3O6S2+. The number of nitrogens with zero attached hydrogens (tertiary/aromatic N) is 3. The molecule has 2 aromatic rings. The lowest BCUT2D eigenvalue weighted by Crippen LogP contribution is -2.29. The Bertz CT molecular complexity index is 1720. The van der Waals surface area contributed by atoms with Gasteiger partial charge in [0.25, 0.3) is 20.2 Å². The van der Waals surface area contributed by atoms with Gasteiger partial charge in [-0.25, -0.2) is 4.58 Å². The average molecular weight is 659 g/mol. The number of allylic oxidation sites excluding steroid dienone is 5. The van der Waals surface area contributed by atoms with Crippen LogP contribution >= 0.6 is 0 Å². The first kappa shape index (κ1) is 36.2. The molecule has 9 nitrogen and oxygen atoms in total. The predicted octanol–water partition coefficient (Wildman–Crippen LogP) is 5.62. The molecule has 0 bridgehead atoms. The molecule has 0 fully saturated rings. The molecule has 0 saturated carbocycles. The summed E-state index contributed by atoms with van der Waals surface area (Å²) in [6, 6.07) is 14.7. The largest absolute Gasteiger partial charge is 0.372 e. The Morgan fingerprint density at radius 2 is 1.31 bits per heavy atom. The van der Waals surface area contributed by atoms with Crippen molar-refractivity contribution in [2.75, 3.05) is 60.6 Å². The minimum Gasteiger partial charge on any atom is -0.372 e. The molecule has 246 valence electrons. The second-order valence-corrected chi connectivity index (χ2v) is 14.4. The van der Waals surface area contributed by atoms with E-state index in [-0.39, 0.29) is 24.6 Å². The minimum atomic E-state index is -4.09. The fraction of sp³-hybridized carbons (Fsp3) is 0.441. The molecule has 0 heterocycles. The quantitative estimate of drug-likeness (QED) is 0.198. The van der Waals surface area contributed by atoms with Crippen LogP contribution in [-0.4, -0.2) is 87.0 Å². The molecule has 0 spiro atoms. The van der Waals surface area contributed by atoms with Crippen LogP contribution in [-0.2, 0) is 20.2 Å². The van der Waals surface area contributed by atoms with Crippen LogP contribution in [0, 0.1) is 6.92 Å². The monoisotopic (exact) mass is 658 g/mol. The van der Waals surface area contributed by atoms with Crippen molar-refractivity contribution in [3.63, 3.8) is 0 Å². The van der Waals surface area contributed by atoms with Crippen LogP contribution in [0.2, 0.25) is 0 Å². The molecule has 1 aliphatic rings. The zero-order chi connectivity index (χ0) is 33.5. The summed E-state index contributed by atoms with van der Waals surface area (Å²) < 4.78 is 66.4. The Morgan fingerprint density at radius 1 is 0.733 bits per heavy atom. The number of aryl methyl sites for hydroxylation is 1. The van der Waals surface area contributed by atoms with Gasteiger partial charge < -0.3 is 9.80 Å². The Morgan fingerprint density at radius 3 is 1.82 bits per heavy atom. The van der Waals surface area contributed by atoms with E-state index in [0.29, 0.717) is 13.1 Å². The van der Waals surface area contributed by atoms with Gasteiger partial charge in [0, 0.05) is 49.2 Å². The van der Waals surface area contributed by atoms with Gasteiger partial charge in [-0.05, 0) is 112 Å². The molecule has 3 rings (SSSR count). The van der Waals surface area contributed by atoms with Crippen LogP contribution in [0.5, 0.6) is 0 Å². The number of rotatable bonds is 14. The smallest absolute Gasteiger partial charge is 0.271 e. The summed E-state index contributed by atoms with van der Waals surface area (Å²) in [6.45, 7) is 17.7. The first-order valence-corrected chi connectivity index (χ1v) is 18.7. The summed E-state index contributed by atoms with van der Waals surface area (Å²) in [5.74, 6) is -0.691. The van der Waals surface area contributed by atoms with E-state index >= 15 is 0 Å². The van der Waals surface area contributed by atoms with Gasteiger partial charge in [0.1, 0.15) is 12.3 Å². The highest BCUT2D eigenvalue weighted by atomic mass is 32.2. The fourth-order valence-electron chi connectivity index (χ4n) is 5.79. The number of hydrogen-bond acceptors (Lipinski definition) is 6. The molecule has 2 N–H and O–H groups in total. The normalized spacial score (nSPS) is 16.2. The molecule has 0 aliphatic heterocycles. The summed E-state index contributed by atoms with van der Waals surface area (Å²) in [4.78, 5) is 4.23. The van der Waals surface area contributed by atoms with Crippen LogP contribution in [0.25, 0.3) is 5.57 Å². The highest BCUT2D eigenvalue weighted by Crippen LogP contribution is 2.37. The lowest BCUT2D eigenvalue weighted by Gasteiger charge is -2.25. The Kier molecular flexibility index (Phi) is 12.4. The summed E-state index contributed by atoms with van der Waals surface area (Å²) in [7, 11) is -8.17. The molecule has 0 aromatic heterocycles. The van der Waals surface area contributed by atoms with Gasteiger partial charge in [-0.3, -0.25) is 9.11 Å². The Hall–Kier alpha value is -3.25. The summed E-state index contributed by atoms with van der Waals surface area (Å²) in [5, 5.41) is 0. The van der Waals surface area contributed by atoms with Crippen molar-refractivity contribution in [3.05, 3.63) is 88.0 Å². The Labute approximate surface area is 269 Å². The zero-order valence-corrected chi connectivity index (χ0v) is 29.2. The van der Waals surface area contributed by atoms with Gasteiger partial charge in [0.2, 0.25) is 5.71 Å². The maximum atomic E-state index is 11.5. The van der Waals surface area contributed by atoms with Gasteiger partial charge >= 0.3 is 0 Å². The maximum absolute atomic E-state index is 11.5. The molecule has 0 unspecified atom stereocenters. The molecule has 45 heavy (non-hydrogen) atoms. The van der Waals surface area contributed by atoms with Gasteiger partial charge in [-0.15, -0.1) is 0 Å². The topological polar surface area (TPSA) is 118 Å². The molecule has 0 amide bonds. The van der Waals surface area contributed by atoms with Crippen LogP contribution < -0.4 is 9.80 Å². The summed E-state index contributed by atoms with van der Waals surface area (Å²) in [5.41, 5.74) is 10.2. The van der Waals surface area contributed by atoms with Gasteiger partial charge in [-0.2, -0.15) is 16.8 Å². The van der Waals surface area contributed by atoms with Crippen molar-refractivity contribution in [2.24, 2.45) is 0 Å². The SMILES string of the molecule is CCN(CC)c1ccc(C(=C2C=C(C)C(=[N+](CC)CCS(=O)(=O)O)C=C2C)c2ccc(N(CC)CCS(=O)(=O)O)cc2C)cc1.